The number of carboxylic acid groups (broad SMARTS) is 1. The van der Waals surface area contributed by atoms with Crippen molar-refractivity contribution in [1.29, 1.82) is 0 Å². The van der Waals surface area contributed by atoms with E-state index in [-0.39, 0.29) is 17.3 Å². The fourth-order valence-electron chi connectivity index (χ4n) is 5.39. The number of amides is 1. The van der Waals surface area contributed by atoms with Gasteiger partial charge in [0.1, 0.15) is 0 Å². The molecule has 0 unspecified atom stereocenters. The van der Waals surface area contributed by atoms with E-state index in [4.69, 9.17) is 5.11 Å². The Morgan fingerprint density at radius 3 is 2.42 bits per heavy atom. The summed E-state index contributed by atoms with van der Waals surface area (Å²) in [6.45, 7) is 11.3. The van der Waals surface area contributed by atoms with E-state index in [9.17, 15) is 22.8 Å². The molecule has 0 radical (unpaired) electrons. The third-order valence-electron chi connectivity index (χ3n) is 7.37. The zero-order valence-corrected chi connectivity index (χ0v) is 23.1. The molecule has 0 aliphatic carbocycles. The van der Waals surface area contributed by atoms with Crippen LogP contribution in [0.25, 0.3) is 5.57 Å². The summed E-state index contributed by atoms with van der Waals surface area (Å²) in [4.78, 5) is 31.8. The summed E-state index contributed by atoms with van der Waals surface area (Å²) < 4.78 is 42.4. The SMILES string of the molecule is C=CN=C/C(=C\C)c1cc(CN2CCCC23CCN(C(=O)n2ccc(C(=O)O)n2)CC3)cc(C(F)(F)F)c1.CC. The predicted molar refractivity (Wildman–Crippen MR) is 148 cm³/mol. The van der Waals surface area contributed by atoms with Crippen LogP contribution in [0.5, 0.6) is 0 Å². The first-order valence-corrected chi connectivity index (χ1v) is 13.4. The molecule has 2 aliphatic rings. The average molecular weight is 560 g/mol. The molecule has 8 nitrogen and oxygen atoms in total. The highest BCUT2D eigenvalue weighted by atomic mass is 19.4. The van der Waals surface area contributed by atoms with Gasteiger partial charge in [-0.05, 0) is 80.1 Å². The maximum Gasteiger partial charge on any atom is 0.416 e. The van der Waals surface area contributed by atoms with Crippen molar-refractivity contribution in [3.63, 3.8) is 0 Å². The van der Waals surface area contributed by atoms with Gasteiger partial charge in [0, 0.05) is 43.8 Å². The number of allylic oxidation sites excluding steroid dienone is 2. The van der Waals surface area contributed by atoms with Crippen molar-refractivity contribution in [3.05, 3.63) is 71.7 Å². The number of halogens is 3. The summed E-state index contributed by atoms with van der Waals surface area (Å²) in [5, 5.41) is 12.9. The van der Waals surface area contributed by atoms with Crippen molar-refractivity contribution in [1.82, 2.24) is 19.6 Å². The highest BCUT2D eigenvalue weighted by Gasteiger charge is 2.44. The summed E-state index contributed by atoms with van der Waals surface area (Å²) in [7, 11) is 0. The molecule has 1 N–H and O–H groups in total. The van der Waals surface area contributed by atoms with Crippen molar-refractivity contribution in [2.75, 3.05) is 19.6 Å². The number of aliphatic imine (C=N–C) groups is 1. The number of aromatic nitrogens is 2. The number of rotatable bonds is 6. The molecule has 1 aromatic heterocycles. The van der Waals surface area contributed by atoms with Crippen molar-refractivity contribution in [2.24, 2.45) is 4.99 Å². The molecule has 1 spiro atoms. The van der Waals surface area contributed by atoms with Crippen LogP contribution in [0.3, 0.4) is 0 Å². The lowest BCUT2D eigenvalue weighted by atomic mass is 9.84. The highest BCUT2D eigenvalue weighted by molar-refractivity contribution is 6.10. The number of benzene rings is 1. The summed E-state index contributed by atoms with van der Waals surface area (Å²) in [6.07, 6.45) is 4.56. The first kappa shape index (κ1) is 30.8. The molecule has 0 saturated carbocycles. The predicted octanol–water partition coefficient (Wildman–Crippen LogP) is 6.34. The lowest BCUT2D eigenvalue weighted by Gasteiger charge is -2.45. The molecule has 0 atom stereocenters. The number of hydrogen-bond donors (Lipinski definition) is 1. The monoisotopic (exact) mass is 559 g/mol. The van der Waals surface area contributed by atoms with Crippen LogP contribution >= 0.6 is 0 Å². The molecule has 3 heterocycles. The van der Waals surface area contributed by atoms with Crippen molar-refractivity contribution in [2.45, 2.75) is 64.7 Å². The maximum absolute atomic E-state index is 13.8. The second-order valence-electron chi connectivity index (χ2n) is 9.59. The van der Waals surface area contributed by atoms with Gasteiger partial charge in [-0.1, -0.05) is 26.5 Å². The van der Waals surface area contributed by atoms with E-state index >= 15 is 0 Å². The van der Waals surface area contributed by atoms with Gasteiger partial charge in [0.2, 0.25) is 0 Å². The number of hydrogen-bond acceptors (Lipinski definition) is 5. The Labute approximate surface area is 232 Å². The quantitative estimate of drug-likeness (QED) is 0.417. The van der Waals surface area contributed by atoms with Crippen LogP contribution in [0.1, 0.15) is 73.6 Å². The standard InChI is InChI=1S/C27H30F3N5O3.C2H6/c1-3-20(17-31-4-2)21-14-19(15-22(16-21)27(28,29)30)18-34-10-5-7-26(34)8-12-33(13-9-26)25(38)35-11-6-23(32-35)24(36)37;1-2/h3-4,6,11,14-17H,2,5,7-10,12-13,18H2,1H3,(H,36,37);1-2H3/b20-3+,31-17?;. The second-order valence-corrected chi connectivity index (χ2v) is 9.59. The fourth-order valence-corrected chi connectivity index (χ4v) is 5.39. The number of aromatic carboxylic acids is 1. The van der Waals surface area contributed by atoms with Gasteiger partial charge in [0.25, 0.3) is 0 Å². The van der Waals surface area contributed by atoms with Crippen LogP contribution < -0.4 is 0 Å². The van der Waals surface area contributed by atoms with Gasteiger partial charge < -0.3 is 10.0 Å². The number of carboxylic acids is 1. The van der Waals surface area contributed by atoms with Gasteiger partial charge in [-0.3, -0.25) is 9.89 Å². The number of nitrogens with zero attached hydrogens (tertiary/aromatic N) is 5. The summed E-state index contributed by atoms with van der Waals surface area (Å²) in [5.74, 6) is -1.21. The third kappa shape index (κ3) is 6.88. The lowest BCUT2D eigenvalue weighted by molar-refractivity contribution is -0.137. The molecule has 0 bridgehead atoms. The maximum atomic E-state index is 13.8. The molecule has 2 fully saturated rings. The largest absolute Gasteiger partial charge is 0.476 e. The topological polar surface area (TPSA) is 91.0 Å². The molecule has 216 valence electrons. The van der Waals surface area contributed by atoms with E-state index in [1.54, 1.807) is 24.0 Å². The van der Waals surface area contributed by atoms with E-state index in [1.165, 1.54) is 30.7 Å². The van der Waals surface area contributed by atoms with E-state index in [0.29, 0.717) is 49.2 Å². The lowest BCUT2D eigenvalue weighted by Crippen LogP contribution is -2.53. The first-order chi connectivity index (χ1) is 19.1. The van der Waals surface area contributed by atoms with Gasteiger partial charge in [0.15, 0.2) is 5.69 Å². The van der Waals surface area contributed by atoms with Crippen molar-refractivity contribution >= 4 is 23.8 Å². The fraction of sp³-hybridized carbons (Fsp3) is 0.448. The molecular formula is C29H36F3N5O3. The number of piperidine rings is 1. The molecule has 1 aromatic carbocycles. The molecule has 1 amide bonds. The number of likely N-dealkylation sites (tertiary alicyclic amines) is 2. The molecule has 2 aliphatic heterocycles. The minimum absolute atomic E-state index is 0.203. The Morgan fingerprint density at radius 2 is 1.85 bits per heavy atom. The van der Waals surface area contributed by atoms with E-state index < -0.39 is 17.7 Å². The normalized spacial score (nSPS) is 17.6. The second kappa shape index (κ2) is 13.1. The van der Waals surface area contributed by atoms with Crippen LogP contribution in [0.15, 0.2) is 54.3 Å². The summed E-state index contributed by atoms with van der Waals surface area (Å²) in [5.41, 5.74) is 0.464. The Morgan fingerprint density at radius 1 is 1.15 bits per heavy atom. The van der Waals surface area contributed by atoms with Crippen LogP contribution in [0.4, 0.5) is 18.0 Å². The highest BCUT2D eigenvalue weighted by Crippen LogP contribution is 2.40. The van der Waals surface area contributed by atoms with Gasteiger partial charge in [-0.15, -0.1) is 0 Å². The molecule has 2 aromatic rings. The van der Waals surface area contributed by atoms with Gasteiger partial charge in [-0.2, -0.15) is 23.0 Å². The molecule has 11 heteroatoms. The molecule has 2 saturated heterocycles. The minimum Gasteiger partial charge on any atom is -0.476 e. The molecule has 4 rings (SSSR count). The number of carbonyl (C=O) groups excluding carboxylic acids is 1. The van der Waals surface area contributed by atoms with Crippen LogP contribution in [0, 0.1) is 0 Å². The zero-order valence-electron chi connectivity index (χ0n) is 23.1. The Balaban J connectivity index is 0.00000216. The summed E-state index contributed by atoms with van der Waals surface area (Å²) >= 11 is 0. The average Bonchev–Trinajstić information content (AvgIpc) is 3.58. The molecule has 40 heavy (non-hydrogen) atoms. The van der Waals surface area contributed by atoms with Crippen molar-refractivity contribution < 1.29 is 27.9 Å². The number of carbonyl (C=O) groups is 2. The first-order valence-electron chi connectivity index (χ1n) is 13.4. The van der Waals surface area contributed by atoms with E-state index in [2.05, 4.69) is 21.6 Å². The van der Waals surface area contributed by atoms with Crippen LogP contribution in [0.2, 0.25) is 0 Å². The minimum atomic E-state index is -4.49. The van der Waals surface area contributed by atoms with Crippen LogP contribution in [-0.4, -0.2) is 68.1 Å². The molecular weight excluding hydrogens is 523 g/mol. The van der Waals surface area contributed by atoms with Gasteiger partial charge in [0.05, 0.1) is 5.56 Å². The van der Waals surface area contributed by atoms with Crippen molar-refractivity contribution in [3.8, 4) is 0 Å². The van der Waals surface area contributed by atoms with Gasteiger partial charge in [-0.25, -0.2) is 9.59 Å². The number of alkyl halides is 3. The Bertz CT molecular complexity index is 1270. The Hall–Kier alpha value is -3.73. The van der Waals surface area contributed by atoms with E-state index in [0.717, 1.165) is 30.1 Å². The smallest absolute Gasteiger partial charge is 0.416 e. The zero-order chi connectivity index (χ0) is 29.5. The van der Waals surface area contributed by atoms with Gasteiger partial charge >= 0.3 is 18.2 Å². The Kier molecular flexibility index (Phi) is 10.1. The van der Waals surface area contributed by atoms with Crippen LogP contribution in [-0.2, 0) is 12.7 Å². The summed E-state index contributed by atoms with van der Waals surface area (Å²) in [6, 6.07) is 5.02. The van der Waals surface area contributed by atoms with E-state index in [1.807, 2.05) is 13.8 Å². The third-order valence-corrected chi connectivity index (χ3v) is 7.37.